The van der Waals surface area contributed by atoms with Crippen molar-refractivity contribution in [1.82, 2.24) is 9.34 Å². The van der Waals surface area contributed by atoms with E-state index in [4.69, 9.17) is 13.9 Å². The molecule has 0 unspecified atom stereocenters. The fraction of sp³-hybridized carbons (Fsp3) is 1.00. The zero-order chi connectivity index (χ0) is 29.5. The van der Waals surface area contributed by atoms with E-state index < -0.39 is 15.8 Å². The number of rotatable bonds is 16. The van der Waals surface area contributed by atoms with Gasteiger partial charge in [0.25, 0.3) is 0 Å². The maximum absolute atomic E-state index is 13.8. The molecule has 1 heterocycles. The van der Waals surface area contributed by atoms with Crippen molar-refractivity contribution in [1.29, 1.82) is 0 Å². The number of hydrogen-bond acceptors (Lipinski definition) is 6. The van der Waals surface area contributed by atoms with Gasteiger partial charge in [-0.1, -0.05) is 41.5 Å². The fourth-order valence-corrected chi connectivity index (χ4v) is 12.7. The van der Waals surface area contributed by atoms with Gasteiger partial charge in [0.1, 0.15) is 0 Å². The van der Waals surface area contributed by atoms with Crippen LogP contribution in [-0.4, -0.2) is 100 Å². The lowest BCUT2D eigenvalue weighted by Gasteiger charge is -2.44. The van der Waals surface area contributed by atoms with Crippen LogP contribution in [0.15, 0.2) is 0 Å². The number of thioether (sulfide) groups is 2. The molecule has 0 N–H and O–H groups in total. The molecule has 1 saturated heterocycles. The molecule has 0 aromatic rings. The van der Waals surface area contributed by atoms with Crippen molar-refractivity contribution < 1.29 is 18.5 Å². The van der Waals surface area contributed by atoms with Gasteiger partial charge in [-0.05, 0) is 95.3 Å². The first-order valence-corrected chi connectivity index (χ1v) is 21.0. The quantitative estimate of drug-likeness (QED) is 0.130. The van der Waals surface area contributed by atoms with E-state index in [1.165, 1.54) is 17.9 Å². The Balaban J connectivity index is 3.20. The summed E-state index contributed by atoms with van der Waals surface area (Å²) in [4.78, 5) is 0. The van der Waals surface area contributed by atoms with E-state index in [-0.39, 0.29) is 29.0 Å². The molecule has 228 valence electrons. The average molecular weight is 613 g/mol. The molecular formula is C28H61N2O4PS2Si. The molecule has 0 aromatic heterocycles. The van der Waals surface area contributed by atoms with Crippen LogP contribution in [0.25, 0.3) is 0 Å². The van der Waals surface area contributed by atoms with Gasteiger partial charge >= 0.3 is 0 Å². The average Bonchev–Trinajstić information content (AvgIpc) is 2.83. The minimum absolute atomic E-state index is 0.0357. The Labute approximate surface area is 246 Å². The molecule has 0 aromatic carbocycles. The summed E-state index contributed by atoms with van der Waals surface area (Å²) in [7, 11) is 6.65. The molecule has 38 heavy (non-hydrogen) atoms. The van der Waals surface area contributed by atoms with Crippen LogP contribution < -0.4 is 0 Å². The van der Waals surface area contributed by atoms with Gasteiger partial charge in [0.15, 0.2) is 8.32 Å². The molecule has 0 amide bonds. The summed E-state index contributed by atoms with van der Waals surface area (Å²) in [5.74, 6) is 3.36. The Morgan fingerprint density at radius 2 is 1.37 bits per heavy atom. The van der Waals surface area contributed by atoms with E-state index in [1.807, 2.05) is 51.8 Å². The lowest BCUT2D eigenvalue weighted by Crippen LogP contribution is -2.53. The van der Waals surface area contributed by atoms with E-state index in [0.29, 0.717) is 16.4 Å². The van der Waals surface area contributed by atoms with Gasteiger partial charge in [0.05, 0.1) is 22.9 Å². The minimum Gasteiger partial charge on any atom is -0.409 e. The largest absolute Gasteiger partial charge is 0.409 e. The lowest BCUT2D eigenvalue weighted by molar-refractivity contribution is -0.0936. The van der Waals surface area contributed by atoms with Crippen molar-refractivity contribution in [2.24, 2.45) is 11.8 Å². The first kappa shape index (κ1) is 37.0. The first-order valence-electron chi connectivity index (χ1n) is 14.3. The Kier molecular flexibility index (Phi) is 15.5. The minimum atomic E-state index is -2.63. The predicted octanol–water partition coefficient (Wildman–Crippen LogP) is 7.75. The van der Waals surface area contributed by atoms with Gasteiger partial charge in [0.2, 0.25) is 7.44 Å². The lowest BCUT2D eigenvalue weighted by atomic mass is 9.91. The zero-order valence-electron chi connectivity index (χ0n) is 27.1. The van der Waals surface area contributed by atoms with E-state index in [9.17, 15) is 4.57 Å². The summed E-state index contributed by atoms with van der Waals surface area (Å²) >= 11 is 4.20. The second-order valence-corrected chi connectivity index (χ2v) is 24.5. The third-order valence-electron chi connectivity index (χ3n) is 8.60. The van der Waals surface area contributed by atoms with E-state index in [2.05, 4.69) is 78.2 Å². The van der Waals surface area contributed by atoms with Crippen LogP contribution in [0.5, 0.6) is 0 Å². The molecular weight excluding hydrogens is 552 g/mol. The standard InChI is InChI=1S/C28H61N2O4PS2Si/c1-21(18-23(3)35(31,29(7)8)30(9)10)19-24(32-11)26(34-38(13,14)28(4,5)6)25(33-12)20-22(2)27-36-16-15-17-37-27/h21-27H,15-20H2,1-14H3/t21-,22+,23+,24-,25-,26+/m0/s1. The van der Waals surface area contributed by atoms with Crippen LogP contribution in [0, 0.1) is 11.8 Å². The molecule has 0 aliphatic carbocycles. The smallest absolute Gasteiger partial charge is 0.218 e. The van der Waals surface area contributed by atoms with Crippen LogP contribution in [0.4, 0.5) is 0 Å². The van der Waals surface area contributed by atoms with Gasteiger partial charge in [-0.15, -0.1) is 23.5 Å². The van der Waals surface area contributed by atoms with Crippen molar-refractivity contribution in [2.45, 2.75) is 114 Å². The van der Waals surface area contributed by atoms with Gasteiger partial charge < -0.3 is 13.9 Å². The maximum Gasteiger partial charge on any atom is 0.218 e. The Morgan fingerprint density at radius 1 is 0.895 bits per heavy atom. The zero-order valence-corrected chi connectivity index (χ0v) is 30.6. The van der Waals surface area contributed by atoms with Crippen LogP contribution in [0.3, 0.4) is 0 Å². The number of nitrogens with zero attached hydrogens (tertiary/aromatic N) is 2. The maximum atomic E-state index is 13.8. The highest BCUT2D eigenvalue weighted by molar-refractivity contribution is 8.17. The molecule has 0 saturated carbocycles. The Morgan fingerprint density at radius 3 is 1.79 bits per heavy atom. The van der Waals surface area contributed by atoms with Crippen molar-refractivity contribution in [3.8, 4) is 0 Å². The second-order valence-electron chi connectivity index (χ2n) is 13.3. The molecule has 1 aliphatic rings. The van der Waals surface area contributed by atoms with Gasteiger partial charge in [0, 0.05) is 19.9 Å². The van der Waals surface area contributed by atoms with Crippen molar-refractivity contribution in [3.05, 3.63) is 0 Å². The molecule has 1 fully saturated rings. The molecule has 1 rings (SSSR count). The van der Waals surface area contributed by atoms with E-state index in [1.54, 1.807) is 0 Å². The highest BCUT2D eigenvalue weighted by Crippen LogP contribution is 2.56. The van der Waals surface area contributed by atoms with Crippen LogP contribution in [0.2, 0.25) is 18.1 Å². The molecule has 0 spiro atoms. The van der Waals surface area contributed by atoms with E-state index in [0.717, 1.165) is 19.3 Å². The highest BCUT2D eigenvalue weighted by Gasteiger charge is 2.44. The topological polar surface area (TPSA) is 51.2 Å². The number of methoxy groups -OCH3 is 2. The predicted molar refractivity (Wildman–Crippen MR) is 174 cm³/mol. The highest BCUT2D eigenvalue weighted by atomic mass is 32.2. The van der Waals surface area contributed by atoms with E-state index >= 15 is 0 Å². The number of hydrogen-bond donors (Lipinski definition) is 0. The normalized spacial score (nSPS) is 21.4. The van der Waals surface area contributed by atoms with Crippen LogP contribution in [0.1, 0.15) is 67.2 Å². The molecule has 0 radical (unpaired) electrons. The summed E-state index contributed by atoms with van der Waals surface area (Å²) in [5.41, 5.74) is 0.0540. The SMILES string of the molecule is CO[C@@H](C[C@@H](C)C[C@@H](C)P(=O)(N(C)C)N(C)C)[C@@H](O[Si](C)(C)C(C)(C)C)[C@H](C[C@@H](C)C1SCCCS1)OC. The van der Waals surface area contributed by atoms with Gasteiger partial charge in [-0.3, -0.25) is 4.57 Å². The van der Waals surface area contributed by atoms with Crippen LogP contribution in [-0.2, 0) is 18.5 Å². The van der Waals surface area contributed by atoms with Gasteiger partial charge in [-0.2, -0.15) is 0 Å². The molecule has 6 atom stereocenters. The second kappa shape index (κ2) is 16.0. The molecule has 0 bridgehead atoms. The molecule has 6 nitrogen and oxygen atoms in total. The first-order chi connectivity index (χ1) is 17.4. The summed E-state index contributed by atoms with van der Waals surface area (Å²) in [6.45, 7) is 18.3. The Bertz CT molecular complexity index is 720. The summed E-state index contributed by atoms with van der Waals surface area (Å²) in [5, 5.41) is 0.0900. The van der Waals surface area contributed by atoms with Crippen molar-refractivity contribution in [2.75, 3.05) is 53.9 Å². The van der Waals surface area contributed by atoms with Crippen molar-refractivity contribution >= 4 is 39.3 Å². The van der Waals surface area contributed by atoms with Gasteiger partial charge in [-0.25, -0.2) is 9.34 Å². The fourth-order valence-electron chi connectivity index (χ4n) is 5.31. The molecule has 10 heteroatoms. The number of ether oxygens (including phenoxy) is 2. The summed E-state index contributed by atoms with van der Waals surface area (Å²) in [6, 6.07) is 0. The van der Waals surface area contributed by atoms with Crippen molar-refractivity contribution in [3.63, 3.8) is 0 Å². The monoisotopic (exact) mass is 612 g/mol. The third kappa shape index (κ3) is 10.0. The van der Waals surface area contributed by atoms with Crippen LogP contribution >= 0.6 is 31.0 Å². The summed E-state index contributed by atoms with van der Waals surface area (Å²) in [6.07, 6.45) is 3.71. The Hall–Kier alpha value is 0.947. The summed E-state index contributed by atoms with van der Waals surface area (Å²) < 4.78 is 37.9. The molecule has 1 aliphatic heterocycles. The third-order valence-corrected chi connectivity index (χ3v) is 20.2.